The molecule has 0 N–H and O–H groups in total. The number of carbonyl (C=O) groups excluding carboxylic acids is 1. The van der Waals surface area contributed by atoms with Gasteiger partial charge in [-0.1, -0.05) is 24.3 Å². The van der Waals surface area contributed by atoms with E-state index >= 15 is 0 Å². The molecule has 0 fully saturated rings. The van der Waals surface area contributed by atoms with E-state index in [0.717, 1.165) is 16.2 Å². The summed E-state index contributed by atoms with van der Waals surface area (Å²) in [5.74, 6) is -0.0850. The smallest absolute Gasteiger partial charge is 0.172 e. The van der Waals surface area contributed by atoms with Crippen molar-refractivity contribution in [3.63, 3.8) is 0 Å². The first kappa shape index (κ1) is 12.8. The molecule has 1 aromatic carbocycles. The topological polar surface area (TPSA) is 30.0 Å². The molecule has 0 bridgehead atoms. The van der Waals surface area contributed by atoms with Crippen LogP contribution in [0.5, 0.6) is 0 Å². The Morgan fingerprint density at radius 3 is 2.56 bits per heavy atom. The molecule has 0 saturated heterocycles. The van der Waals surface area contributed by atoms with E-state index in [2.05, 4.69) is 4.98 Å². The second kappa shape index (κ2) is 5.83. The molecule has 1 aromatic heterocycles. The monoisotopic (exact) mass is 257 g/mol. The number of hydrogen-bond acceptors (Lipinski definition) is 3. The highest BCUT2D eigenvalue weighted by molar-refractivity contribution is 7.98. The first-order valence-corrected chi connectivity index (χ1v) is 7.04. The molecule has 92 valence electrons. The van der Waals surface area contributed by atoms with Crippen LogP contribution in [-0.2, 0) is 0 Å². The maximum absolute atomic E-state index is 12.5. The van der Waals surface area contributed by atoms with Crippen LogP contribution in [0.15, 0.2) is 53.6 Å². The average Bonchev–Trinajstić information content (AvgIpc) is 2.46. The Morgan fingerprint density at radius 1 is 1.17 bits per heavy atom. The van der Waals surface area contributed by atoms with E-state index in [1.54, 1.807) is 18.0 Å². The lowest BCUT2D eigenvalue weighted by Crippen LogP contribution is -2.11. The molecule has 1 heterocycles. The van der Waals surface area contributed by atoms with E-state index in [-0.39, 0.29) is 11.7 Å². The summed E-state index contributed by atoms with van der Waals surface area (Å²) in [6.07, 6.45) is 3.71. The summed E-state index contributed by atoms with van der Waals surface area (Å²) < 4.78 is 0. The second-order valence-electron chi connectivity index (χ2n) is 4.04. The summed E-state index contributed by atoms with van der Waals surface area (Å²) in [7, 11) is 0. The quantitative estimate of drug-likeness (QED) is 0.616. The van der Waals surface area contributed by atoms with Gasteiger partial charge in [-0.15, -0.1) is 11.8 Å². The third-order valence-corrected chi connectivity index (χ3v) is 3.69. The Kier molecular flexibility index (Phi) is 4.15. The van der Waals surface area contributed by atoms with Crippen LogP contribution in [-0.4, -0.2) is 17.0 Å². The molecule has 0 radical (unpaired) electrons. The second-order valence-corrected chi connectivity index (χ2v) is 4.89. The molecule has 18 heavy (non-hydrogen) atoms. The lowest BCUT2D eigenvalue weighted by molar-refractivity contribution is 0.0961. The zero-order valence-electron chi connectivity index (χ0n) is 10.5. The number of hydrogen-bond donors (Lipinski definition) is 0. The predicted octanol–water partition coefficient (Wildman–Crippen LogP) is 3.79. The number of rotatable bonds is 4. The van der Waals surface area contributed by atoms with Gasteiger partial charge in [0.25, 0.3) is 0 Å². The van der Waals surface area contributed by atoms with Crippen LogP contribution in [0.1, 0.15) is 28.9 Å². The van der Waals surface area contributed by atoms with Crippen LogP contribution in [0, 0.1) is 0 Å². The Bertz CT molecular complexity index is 539. The van der Waals surface area contributed by atoms with Crippen molar-refractivity contribution in [2.75, 3.05) is 6.26 Å². The van der Waals surface area contributed by atoms with Crippen LogP contribution in [0.25, 0.3) is 0 Å². The average molecular weight is 257 g/mol. The highest BCUT2D eigenvalue weighted by Gasteiger charge is 2.20. The number of benzene rings is 1. The van der Waals surface area contributed by atoms with Gasteiger partial charge in [-0.2, -0.15) is 0 Å². The van der Waals surface area contributed by atoms with E-state index in [4.69, 9.17) is 0 Å². The summed E-state index contributed by atoms with van der Waals surface area (Å²) in [4.78, 5) is 17.7. The Morgan fingerprint density at radius 2 is 1.89 bits per heavy atom. The van der Waals surface area contributed by atoms with Gasteiger partial charge >= 0.3 is 0 Å². The van der Waals surface area contributed by atoms with Gasteiger partial charge in [-0.05, 0) is 31.4 Å². The first-order valence-electron chi connectivity index (χ1n) is 5.82. The van der Waals surface area contributed by atoms with Crippen molar-refractivity contribution in [1.82, 2.24) is 4.98 Å². The Balaban J connectivity index is 2.32. The molecule has 0 amide bonds. The number of ketones is 1. The van der Waals surface area contributed by atoms with Gasteiger partial charge in [0.2, 0.25) is 0 Å². The molecule has 2 aromatic rings. The lowest BCUT2D eigenvalue weighted by Gasteiger charge is -2.12. The summed E-state index contributed by atoms with van der Waals surface area (Å²) >= 11 is 1.60. The van der Waals surface area contributed by atoms with Crippen molar-refractivity contribution in [3.05, 3.63) is 59.9 Å². The SMILES string of the molecule is CSc1ccccc1C(=O)C(C)c1ccccn1. The van der Waals surface area contributed by atoms with Crippen molar-refractivity contribution in [2.24, 2.45) is 0 Å². The molecular weight excluding hydrogens is 242 g/mol. The fraction of sp³-hybridized carbons (Fsp3) is 0.200. The molecule has 0 aliphatic carbocycles. The maximum atomic E-state index is 12.5. The third kappa shape index (κ3) is 2.62. The zero-order valence-corrected chi connectivity index (χ0v) is 11.3. The van der Waals surface area contributed by atoms with E-state index in [1.165, 1.54) is 0 Å². The molecule has 2 nitrogen and oxygen atoms in total. The van der Waals surface area contributed by atoms with Crippen molar-refractivity contribution < 1.29 is 4.79 Å². The predicted molar refractivity (Wildman–Crippen MR) is 75.2 cm³/mol. The molecule has 0 aliphatic heterocycles. The largest absolute Gasteiger partial charge is 0.293 e. The molecule has 3 heteroatoms. The van der Waals surface area contributed by atoms with Gasteiger partial charge in [0, 0.05) is 16.7 Å². The summed E-state index contributed by atoms with van der Waals surface area (Å²) in [6, 6.07) is 13.4. The van der Waals surface area contributed by atoms with E-state index in [0.29, 0.717) is 0 Å². The van der Waals surface area contributed by atoms with Gasteiger partial charge < -0.3 is 0 Å². The molecule has 1 atom stereocenters. The minimum atomic E-state index is -0.209. The molecule has 0 saturated carbocycles. The van der Waals surface area contributed by atoms with Gasteiger partial charge in [-0.25, -0.2) is 0 Å². The Labute approximate surface area is 111 Å². The zero-order chi connectivity index (χ0) is 13.0. The highest BCUT2D eigenvalue weighted by atomic mass is 32.2. The highest BCUT2D eigenvalue weighted by Crippen LogP contribution is 2.25. The van der Waals surface area contributed by atoms with Crippen molar-refractivity contribution in [2.45, 2.75) is 17.7 Å². The molecule has 1 unspecified atom stereocenters. The van der Waals surface area contributed by atoms with Crippen LogP contribution in [0.2, 0.25) is 0 Å². The molecular formula is C15H15NOS. The minimum Gasteiger partial charge on any atom is -0.293 e. The van der Waals surface area contributed by atoms with Gasteiger partial charge in [0.15, 0.2) is 5.78 Å². The third-order valence-electron chi connectivity index (χ3n) is 2.90. The number of pyridine rings is 1. The van der Waals surface area contributed by atoms with Crippen molar-refractivity contribution in [1.29, 1.82) is 0 Å². The number of aromatic nitrogens is 1. The van der Waals surface area contributed by atoms with Crippen LogP contribution in [0.4, 0.5) is 0 Å². The van der Waals surface area contributed by atoms with E-state index in [1.807, 2.05) is 55.6 Å². The molecule has 0 spiro atoms. The fourth-order valence-corrected chi connectivity index (χ4v) is 2.45. The fourth-order valence-electron chi connectivity index (χ4n) is 1.85. The van der Waals surface area contributed by atoms with Crippen LogP contribution in [0.3, 0.4) is 0 Å². The molecule has 2 rings (SSSR count). The van der Waals surface area contributed by atoms with Gasteiger partial charge in [0.05, 0.1) is 11.6 Å². The van der Waals surface area contributed by atoms with Gasteiger partial charge in [-0.3, -0.25) is 9.78 Å². The Hall–Kier alpha value is -1.61. The first-order chi connectivity index (χ1) is 8.74. The van der Waals surface area contributed by atoms with Crippen LogP contribution >= 0.6 is 11.8 Å². The van der Waals surface area contributed by atoms with Crippen molar-refractivity contribution in [3.8, 4) is 0 Å². The summed E-state index contributed by atoms with van der Waals surface area (Å²) in [6.45, 7) is 1.90. The van der Waals surface area contributed by atoms with Gasteiger partial charge in [0.1, 0.15) is 0 Å². The van der Waals surface area contributed by atoms with E-state index < -0.39 is 0 Å². The summed E-state index contributed by atoms with van der Waals surface area (Å²) in [5, 5.41) is 0. The summed E-state index contributed by atoms with van der Waals surface area (Å²) in [5.41, 5.74) is 1.60. The lowest BCUT2D eigenvalue weighted by atomic mass is 9.96. The van der Waals surface area contributed by atoms with Crippen molar-refractivity contribution >= 4 is 17.5 Å². The number of Topliss-reactive ketones (excluding diaryl/α,β-unsaturated/α-hetero) is 1. The number of thioether (sulfide) groups is 1. The number of carbonyl (C=O) groups is 1. The maximum Gasteiger partial charge on any atom is 0.172 e. The standard InChI is InChI=1S/C15H15NOS/c1-11(13-8-5-6-10-16-13)15(17)12-7-3-4-9-14(12)18-2/h3-11H,1-2H3. The minimum absolute atomic E-state index is 0.124. The van der Waals surface area contributed by atoms with Crippen LogP contribution < -0.4 is 0 Å². The molecule has 0 aliphatic rings. The number of nitrogens with zero attached hydrogens (tertiary/aromatic N) is 1. The normalized spacial score (nSPS) is 12.1. The van der Waals surface area contributed by atoms with E-state index in [9.17, 15) is 4.79 Å².